The van der Waals surface area contributed by atoms with Gasteiger partial charge in [-0.2, -0.15) is 0 Å². The lowest BCUT2D eigenvalue weighted by atomic mass is 9.87. The van der Waals surface area contributed by atoms with Crippen molar-refractivity contribution in [3.8, 4) is 17.1 Å². The average molecular weight is 391 g/mol. The van der Waals surface area contributed by atoms with Crippen LogP contribution < -0.4 is 10.1 Å². The molecular formula is C22H21N3O4. The number of amides is 3. The van der Waals surface area contributed by atoms with E-state index >= 15 is 0 Å². The van der Waals surface area contributed by atoms with Crippen molar-refractivity contribution in [3.05, 3.63) is 72.2 Å². The van der Waals surface area contributed by atoms with Gasteiger partial charge in [0.05, 0.1) is 13.3 Å². The van der Waals surface area contributed by atoms with E-state index in [1.54, 1.807) is 37.6 Å². The second-order valence-electron chi connectivity index (χ2n) is 6.79. The maximum Gasteiger partial charge on any atom is 0.325 e. The van der Waals surface area contributed by atoms with Gasteiger partial charge in [0.2, 0.25) is 5.89 Å². The van der Waals surface area contributed by atoms with Crippen LogP contribution in [0.4, 0.5) is 4.79 Å². The summed E-state index contributed by atoms with van der Waals surface area (Å²) >= 11 is 0. The summed E-state index contributed by atoms with van der Waals surface area (Å²) in [6, 6.07) is 16.2. The van der Waals surface area contributed by atoms with Crippen LogP contribution in [0.2, 0.25) is 0 Å². The van der Waals surface area contributed by atoms with Crippen LogP contribution in [0.1, 0.15) is 24.8 Å². The zero-order valence-corrected chi connectivity index (χ0v) is 16.2. The van der Waals surface area contributed by atoms with Gasteiger partial charge in [-0.05, 0) is 24.1 Å². The number of hydrogen-bond acceptors (Lipinski definition) is 5. The zero-order chi connectivity index (χ0) is 20.4. The fourth-order valence-corrected chi connectivity index (χ4v) is 3.54. The molecule has 148 valence electrons. The smallest absolute Gasteiger partial charge is 0.325 e. The van der Waals surface area contributed by atoms with E-state index in [1.807, 2.05) is 37.3 Å². The number of aromatic nitrogens is 1. The number of benzene rings is 2. The Morgan fingerprint density at radius 2 is 1.83 bits per heavy atom. The number of nitrogens with zero attached hydrogens (tertiary/aromatic N) is 2. The number of hydrogen-bond donors (Lipinski definition) is 1. The Labute approximate surface area is 168 Å². The number of methoxy groups -OCH3 is 1. The van der Waals surface area contributed by atoms with E-state index in [9.17, 15) is 9.59 Å². The molecule has 1 unspecified atom stereocenters. The Morgan fingerprint density at radius 1 is 1.10 bits per heavy atom. The zero-order valence-electron chi connectivity index (χ0n) is 16.2. The van der Waals surface area contributed by atoms with Gasteiger partial charge in [-0.3, -0.25) is 9.69 Å². The molecule has 7 nitrogen and oxygen atoms in total. The summed E-state index contributed by atoms with van der Waals surface area (Å²) in [5.74, 6) is 1.25. The van der Waals surface area contributed by atoms with Gasteiger partial charge in [0.1, 0.15) is 17.8 Å². The molecule has 1 aromatic heterocycles. The van der Waals surface area contributed by atoms with Crippen LogP contribution in [-0.4, -0.2) is 28.9 Å². The van der Waals surface area contributed by atoms with E-state index in [0.717, 1.165) is 10.5 Å². The molecule has 0 bridgehead atoms. The van der Waals surface area contributed by atoms with Crippen molar-refractivity contribution in [1.82, 2.24) is 15.2 Å². The van der Waals surface area contributed by atoms with Gasteiger partial charge < -0.3 is 14.5 Å². The largest absolute Gasteiger partial charge is 0.497 e. The van der Waals surface area contributed by atoms with E-state index in [2.05, 4.69) is 10.3 Å². The van der Waals surface area contributed by atoms with Crippen LogP contribution in [0.25, 0.3) is 11.3 Å². The molecule has 3 amide bonds. The quantitative estimate of drug-likeness (QED) is 0.648. The number of rotatable bonds is 6. The topological polar surface area (TPSA) is 84.7 Å². The molecule has 0 aliphatic carbocycles. The predicted octanol–water partition coefficient (Wildman–Crippen LogP) is 3.71. The Balaban J connectivity index is 1.58. The van der Waals surface area contributed by atoms with Gasteiger partial charge in [0, 0.05) is 5.56 Å². The maximum absolute atomic E-state index is 13.2. The third-order valence-corrected chi connectivity index (χ3v) is 5.19. The Morgan fingerprint density at radius 3 is 2.48 bits per heavy atom. The SMILES string of the molecule is CCC1(c2ccc(OC)cc2)NC(=O)N(Cc2ncc(-c3ccccc3)o2)C1=O. The first kappa shape index (κ1) is 18.7. The third-order valence-electron chi connectivity index (χ3n) is 5.19. The number of carbonyl (C=O) groups is 2. The highest BCUT2D eigenvalue weighted by molar-refractivity contribution is 6.07. The Bertz CT molecular complexity index is 1030. The number of imide groups is 1. The van der Waals surface area contributed by atoms with Crippen molar-refractivity contribution < 1.29 is 18.7 Å². The Kier molecular flexibility index (Phi) is 4.80. The molecule has 0 radical (unpaired) electrons. The number of oxazole rings is 1. The van der Waals surface area contributed by atoms with Crippen molar-refractivity contribution in [1.29, 1.82) is 0 Å². The van der Waals surface area contributed by atoms with Crippen LogP contribution in [-0.2, 0) is 16.9 Å². The number of urea groups is 1. The van der Waals surface area contributed by atoms with Crippen LogP contribution in [0, 0.1) is 0 Å². The first-order valence-electron chi connectivity index (χ1n) is 9.36. The number of nitrogens with one attached hydrogen (secondary N) is 1. The summed E-state index contributed by atoms with van der Waals surface area (Å²) in [5.41, 5.74) is 0.474. The molecule has 1 N–H and O–H groups in total. The highest BCUT2D eigenvalue weighted by atomic mass is 16.5. The number of ether oxygens (including phenoxy) is 1. The van der Waals surface area contributed by atoms with Crippen LogP contribution >= 0.6 is 0 Å². The van der Waals surface area contributed by atoms with Crippen molar-refractivity contribution in [2.24, 2.45) is 0 Å². The number of carbonyl (C=O) groups excluding carboxylic acids is 2. The molecule has 2 aromatic carbocycles. The summed E-state index contributed by atoms with van der Waals surface area (Å²) in [6.45, 7) is 1.83. The molecule has 3 aromatic rings. The molecule has 2 heterocycles. The minimum atomic E-state index is -1.11. The third kappa shape index (κ3) is 3.24. The van der Waals surface area contributed by atoms with Gasteiger partial charge in [0.25, 0.3) is 5.91 Å². The molecule has 29 heavy (non-hydrogen) atoms. The molecule has 1 fully saturated rings. The monoisotopic (exact) mass is 391 g/mol. The van der Waals surface area contributed by atoms with E-state index in [1.165, 1.54) is 0 Å². The second kappa shape index (κ2) is 7.43. The van der Waals surface area contributed by atoms with E-state index < -0.39 is 11.6 Å². The fourth-order valence-electron chi connectivity index (χ4n) is 3.54. The van der Waals surface area contributed by atoms with Gasteiger partial charge in [-0.1, -0.05) is 49.4 Å². The van der Waals surface area contributed by atoms with E-state index in [0.29, 0.717) is 29.4 Å². The normalized spacial score (nSPS) is 18.8. The van der Waals surface area contributed by atoms with Crippen molar-refractivity contribution >= 4 is 11.9 Å². The molecule has 1 aliphatic heterocycles. The lowest BCUT2D eigenvalue weighted by Gasteiger charge is -2.25. The first-order chi connectivity index (χ1) is 14.1. The van der Waals surface area contributed by atoms with Crippen LogP contribution in [0.3, 0.4) is 0 Å². The summed E-state index contributed by atoms with van der Waals surface area (Å²) in [5, 5.41) is 2.86. The van der Waals surface area contributed by atoms with Crippen molar-refractivity contribution in [2.45, 2.75) is 25.4 Å². The van der Waals surface area contributed by atoms with Crippen molar-refractivity contribution in [2.75, 3.05) is 7.11 Å². The molecule has 0 spiro atoms. The van der Waals surface area contributed by atoms with E-state index in [4.69, 9.17) is 9.15 Å². The summed E-state index contributed by atoms with van der Waals surface area (Å²) in [6.07, 6.45) is 2.01. The van der Waals surface area contributed by atoms with Gasteiger partial charge in [-0.15, -0.1) is 0 Å². The minimum absolute atomic E-state index is 0.0323. The van der Waals surface area contributed by atoms with Gasteiger partial charge in [-0.25, -0.2) is 9.78 Å². The van der Waals surface area contributed by atoms with E-state index in [-0.39, 0.29) is 12.5 Å². The van der Waals surface area contributed by atoms with Crippen LogP contribution in [0.5, 0.6) is 5.75 Å². The second-order valence-corrected chi connectivity index (χ2v) is 6.79. The van der Waals surface area contributed by atoms with Gasteiger partial charge in [0.15, 0.2) is 5.76 Å². The average Bonchev–Trinajstić information content (AvgIpc) is 3.33. The fraction of sp³-hybridized carbons (Fsp3) is 0.227. The molecule has 1 atom stereocenters. The highest BCUT2D eigenvalue weighted by Gasteiger charge is 2.51. The standard InChI is InChI=1S/C22H21N3O4/c1-3-22(16-9-11-17(28-2)12-10-16)20(26)25(21(27)24-22)14-19-23-13-18(29-19)15-7-5-4-6-8-15/h4-13H,3,14H2,1-2H3,(H,24,27). The molecule has 4 rings (SSSR count). The lowest BCUT2D eigenvalue weighted by molar-refractivity contribution is -0.132. The lowest BCUT2D eigenvalue weighted by Crippen LogP contribution is -2.43. The van der Waals surface area contributed by atoms with Crippen molar-refractivity contribution in [3.63, 3.8) is 0 Å². The molecule has 0 saturated carbocycles. The van der Waals surface area contributed by atoms with Gasteiger partial charge >= 0.3 is 6.03 Å². The Hall–Kier alpha value is -3.61. The maximum atomic E-state index is 13.2. The predicted molar refractivity (Wildman–Crippen MR) is 106 cm³/mol. The summed E-state index contributed by atoms with van der Waals surface area (Å²) < 4.78 is 10.9. The minimum Gasteiger partial charge on any atom is -0.497 e. The first-order valence-corrected chi connectivity index (χ1v) is 9.36. The highest BCUT2D eigenvalue weighted by Crippen LogP contribution is 2.34. The molecule has 1 aliphatic rings. The molecular weight excluding hydrogens is 370 g/mol. The summed E-state index contributed by atoms with van der Waals surface area (Å²) in [4.78, 5) is 31.3. The molecule has 7 heteroatoms. The summed E-state index contributed by atoms with van der Waals surface area (Å²) in [7, 11) is 1.58. The molecule has 1 saturated heterocycles. The van der Waals surface area contributed by atoms with Crippen LogP contribution in [0.15, 0.2) is 65.2 Å².